The normalized spacial score (nSPS) is 16.3. The van der Waals surface area contributed by atoms with Crippen LogP contribution in [-0.4, -0.2) is 48.1 Å². The fraction of sp³-hybridized carbons (Fsp3) is 0.235. The van der Waals surface area contributed by atoms with Gasteiger partial charge in [-0.3, -0.25) is 9.89 Å². The monoisotopic (exact) mass is 369 g/mol. The second-order valence-corrected chi connectivity index (χ2v) is 7.03. The average molecular weight is 369 g/mol. The molecule has 1 aliphatic heterocycles. The summed E-state index contributed by atoms with van der Waals surface area (Å²) in [4.78, 5) is 35.1. The summed E-state index contributed by atoms with van der Waals surface area (Å²) in [6.45, 7) is 2.00. The molecule has 8 nitrogen and oxygen atoms in total. The van der Waals surface area contributed by atoms with Crippen molar-refractivity contribution >= 4 is 23.2 Å². The molecule has 1 aromatic carbocycles. The van der Waals surface area contributed by atoms with Gasteiger partial charge in [0, 0.05) is 13.0 Å². The van der Waals surface area contributed by atoms with Gasteiger partial charge in [-0.1, -0.05) is 24.3 Å². The number of fused-ring (bicyclic) bond motifs is 1. The Kier molecular flexibility index (Phi) is 4.00. The second kappa shape index (κ2) is 6.34. The lowest BCUT2D eigenvalue weighted by atomic mass is 9.94. The molecule has 1 atom stereocenters. The highest BCUT2D eigenvalue weighted by molar-refractivity contribution is 7.17. The Hall–Kier alpha value is -3.07. The first-order valence-electron chi connectivity index (χ1n) is 7.98. The summed E-state index contributed by atoms with van der Waals surface area (Å²) in [5.41, 5.74) is 2.48. The van der Waals surface area contributed by atoms with Gasteiger partial charge in [-0.2, -0.15) is 5.10 Å². The quantitative estimate of drug-likeness (QED) is 0.729. The highest BCUT2D eigenvalue weighted by Crippen LogP contribution is 2.30. The van der Waals surface area contributed by atoms with E-state index in [4.69, 9.17) is 0 Å². The molecule has 0 fully saturated rings. The van der Waals surface area contributed by atoms with Crippen LogP contribution in [0.4, 0.5) is 0 Å². The van der Waals surface area contributed by atoms with Gasteiger partial charge in [0.2, 0.25) is 0 Å². The molecule has 1 amide bonds. The first kappa shape index (κ1) is 16.4. The molecule has 2 aromatic heterocycles. The number of carbonyl (C=O) groups excluding carboxylic acids is 1. The summed E-state index contributed by atoms with van der Waals surface area (Å²) < 4.78 is 0. The van der Waals surface area contributed by atoms with Crippen LogP contribution in [-0.2, 0) is 17.8 Å². The maximum atomic E-state index is 13.1. The molecule has 9 heteroatoms. The number of rotatable bonds is 3. The molecule has 3 aromatic rings. The number of benzene rings is 1. The number of aryl methyl sites for hydroxylation is 1. The van der Waals surface area contributed by atoms with E-state index in [2.05, 4.69) is 20.2 Å². The number of hydrogen-bond acceptors (Lipinski definition) is 6. The summed E-state index contributed by atoms with van der Waals surface area (Å²) in [5, 5.41) is 16.7. The highest BCUT2D eigenvalue weighted by atomic mass is 32.1. The van der Waals surface area contributed by atoms with E-state index in [0.29, 0.717) is 27.8 Å². The Labute approximate surface area is 152 Å². The van der Waals surface area contributed by atoms with Crippen molar-refractivity contribution < 1.29 is 14.7 Å². The van der Waals surface area contributed by atoms with E-state index < -0.39 is 12.0 Å². The van der Waals surface area contributed by atoms with Gasteiger partial charge in [-0.25, -0.2) is 14.8 Å². The molecule has 0 bridgehead atoms. The largest absolute Gasteiger partial charge is 0.480 e. The number of aromatic nitrogens is 4. The number of nitrogens with zero attached hydrogens (tertiary/aromatic N) is 4. The molecule has 4 rings (SSSR count). The summed E-state index contributed by atoms with van der Waals surface area (Å²) in [6, 6.07) is 6.71. The van der Waals surface area contributed by atoms with Gasteiger partial charge in [0.15, 0.2) is 10.8 Å². The Balaban J connectivity index is 1.70. The predicted octanol–water partition coefficient (Wildman–Crippen LogP) is 1.89. The van der Waals surface area contributed by atoms with Crippen LogP contribution in [0.25, 0.3) is 10.8 Å². The van der Waals surface area contributed by atoms with Crippen molar-refractivity contribution in [3.05, 3.63) is 52.3 Å². The highest BCUT2D eigenvalue weighted by Gasteiger charge is 2.36. The average Bonchev–Trinajstić information content (AvgIpc) is 3.29. The lowest BCUT2D eigenvalue weighted by molar-refractivity contribution is -0.142. The topological polar surface area (TPSA) is 112 Å². The van der Waals surface area contributed by atoms with Crippen molar-refractivity contribution in [3.8, 4) is 10.8 Å². The van der Waals surface area contributed by atoms with Crippen molar-refractivity contribution in [1.82, 2.24) is 25.1 Å². The van der Waals surface area contributed by atoms with Crippen LogP contribution in [0.2, 0.25) is 0 Å². The molecular formula is C17H15N5O3S. The molecule has 0 saturated heterocycles. The zero-order chi connectivity index (χ0) is 18.3. The van der Waals surface area contributed by atoms with Crippen molar-refractivity contribution in [2.24, 2.45) is 0 Å². The van der Waals surface area contributed by atoms with E-state index in [0.717, 1.165) is 11.1 Å². The minimum Gasteiger partial charge on any atom is -0.480 e. The van der Waals surface area contributed by atoms with E-state index in [1.54, 1.807) is 6.92 Å². The lowest BCUT2D eigenvalue weighted by Crippen LogP contribution is -2.48. The molecule has 0 spiro atoms. The van der Waals surface area contributed by atoms with Crippen molar-refractivity contribution in [2.75, 3.05) is 0 Å². The number of carbonyl (C=O) groups is 2. The Morgan fingerprint density at radius 3 is 2.77 bits per heavy atom. The van der Waals surface area contributed by atoms with Gasteiger partial charge >= 0.3 is 5.97 Å². The summed E-state index contributed by atoms with van der Waals surface area (Å²) in [7, 11) is 0. The van der Waals surface area contributed by atoms with E-state index >= 15 is 0 Å². The molecule has 0 radical (unpaired) electrons. The number of carboxylic acids is 1. The predicted molar refractivity (Wildman–Crippen MR) is 93.7 cm³/mol. The van der Waals surface area contributed by atoms with Gasteiger partial charge < -0.3 is 10.0 Å². The first-order chi connectivity index (χ1) is 12.5. The maximum absolute atomic E-state index is 13.1. The van der Waals surface area contributed by atoms with Gasteiger partial charge in [0.05, 0.1) is 5.69 Å². The summed E-state index contributed by atoms with van der Waals surface area (Å²) in [5.74, 6) is -0.853. The van der Waals surface area contributed by atoms with Crippen molar-refractivity contribution in [1.29, 1.82) is 0 Å². The van der Waals surface area contributed by atoms with Crippen LogP contribution in [0.15, 0.2) is 30.6 Å². The number of hydrogen-bond donors (Lipinski definition) is 2. The van der Waals surface area contributed by atoms with Crippen LogP contribution in [0.3, 0.4) is 0 Å². The minimum absolute atomic E-state index is 0.265. The Morgan fingerprint density at radius 1 is 1.31 bits per heavy atom. The molecule has 0 saturated carbocycles. The fourth-order valence-corrected chi connectivity index (χ4v) is 4.06. The number of thiazole rings is 1. The third-order valence-corrected chi connectivity index (χ3v) is 5.56. The fourth-order valence-electron chi connectivity index (χ4n) is 3.09. The number of nitrogens with one attached hydrogen (secondary N) is 1. The summed E-state index contributed by atoms with van der Waals surface area (Å²) in [6.07, 6.45) is 1.67. The van der Waals surface area contributed by atoms with Crippen LogP contribution in [0.5, 0.6) is 0 Å². The number of aliphatic carboxylic acids is 1. The standard InChI is InChI=1S/C17H15N5O3S/c1-9-13(26-15(20-9)14-18-8-19-21-14)16(23)22-7-11-5-3-2-4-10(11)6-12(22)17(24)25/h2-5,8,12H,6-7H2,1H3,(H,24,25)(H,18,19,21)/t12-/m0/s1. The second-order valence-electron chi connectivity index (χ2n) is 6.03. The molecule has 26 heavy (non-hydrogen) atoms. The third-order valence-electron chi connectivity index (χ3n) is 4.40. The zero-order valence-electron chi connectivity index (χ0n) is 13.8. The van der Waals surface area contributed by atoms with E-state index in [9.17, 15) is 14.7 Å². The Morgan fingerprint density at radius 2 is 2.08 bits per heavy atom. The molecule has 0 unspecified atom stereocenters. The maximum Gasteiger partial charge on any atom is 0.326 e. The van der Waals surface area contributed by atoms with E-state index in [-0.39, 0.29) is 12.5 Å². The molecule has 2 N–H and O–H groups in total. The van der Waals surface area contributed by atoms with Crippen LogP contribution in [0.1, 0.15) is 26.5 Å². The van der Waals surface area contributed by atoms with Crippen molar-refractivity contribution in [2.45, 2.75) is 25.9 Å². The molecule has 0 aliphatic carbocycles. The zero-order valence-corrected chi connectivity index (χ0v) is 14.7. The van der Waals surface area contributed by atoms with E-state index in [1.165, 1.54) is 22.6 Å². The number of carboxylic acid groups (broad SMARTS) is 1. The lowest BCUT2D eigenvalue weighted by Gasteiger charge is -2.34. The minimum atomic E-state index is -1.01. The SMILES string of the molecule is Cc1nc(-c2ncn[nH]2)sc1C(=O)N1Cc2ccccc2C[C@H]1C(=O)O. The smallest absolute Gasteiger partial charge is 0.326 e. The summed E-state index contributed by atoms with van der Waals surface area (Å²) >= 11 is 1.19. The van der Waals surface area contributed by atoms with E-state index in [1.807, 2.05) is 24.3 Å². The van der Waals surface area contributed by atoms with Crippen LogP contribution >= 0.6 is 11.3 Å². The Bertz CT molecular complexity index is 982. The molecular weight excluding hydrogens is 354 g/mol. The molecule has 3 heterocycles. The number of H-pyrrole nitrogens is 1. The van der Waals surface area contributed by atoms with Gasteiger partial charge in [-0.05, 0) is 18.1 Å². The number of amides is 1. The van der Waals surface area contributed by atoms with Crippen LogP contribution in [0, 0.1) is 6.92 Å². The molecule has 1 aliphatic rings. The third kappa shape index (κ3) is 2.76. The van der Waals surface area contributed by atoms with Crippen LogP contribution < -0.4 is 0 Å². The van der Waals surface area contributed by atoms with Gasteiger partial charge in [-0.15, -0.1) is 11.3 Å². The van der Waals surface area contributed by atoms with Crippen molar-refractivity contribution in [3.63, 3.8) is 0 Å². The first-order valence-corrected chi connectivity index (χ1v) is 8.80. The number of aromatic amines is 1. The van der Waals surface area contributed by atoms with Gasteiger partial charge in [0.25, 0.3) is 5.91 Å². The molecule has 132 valence electrons. The van der Waals surface area contributed by atoms with Gasteiger partial charge in [0.1, 0.15) is 17.2 Å².